The lowest BCUT2D eigenvalue weighted by Gasteiger charge is -2.19. The maximum absolute atomic E-state index is 2.53. The first kappa shape index (κ1) is 93.4. The highest BCUT2D eigenvalue weighted by molar-refractivity contribution is 6.28. The van der Waals surface area contributed by atoms with E-state index in [2.05, 4.69) is 567 Å². The molecule has 0 spiro atoms. The van der Waals surface area contributed by atoms with Crippen molar-refractivity contribution in [1.29, 1.82) is 0 Å². The van der Waals surface area contributed by atoms with Crippen LogP contribution in [0.5, 0.6) is 0 Å². The molecule has 0 radical (unpaired) electrons. The van der Waals surface area contributed by atoms with Crippen LogP contribution in [0.15, 0.2) is 364 Å². The number of fused-ring (bicyclic) bond motifs is 26. The van der Waals surface area contributed by atoms with Gasteiger partial charge in [0.05, 0.1) is 88.3 Å². The highest BCUT2D eigenvalue weighted by Crippen LogP contribution is 2.50. The zero-order valence-electron chi connectivity index (χ0n) is 90.2. The number of hydrogen-bond acceptors (Lipinski definition) is 0. The minimum atomic E-state index is 0.0256. The van der Waals surface area contributed by atoms with Crippen LogP contribution in [-0.4, -0.2) is 36.5 Å². The Labute approximate surface area is 868 Å². The average Bonchev–Trinajstić information content (AvgIpc) is 1.53. The Morgan fingerprint density at radius 1 is 0.115 bits per heavy atom. The van der Waals surface area contributed by atoms with Gasteiger partial charge in [0.25, 0.3) is 0 Å². The highest BCUT2D eigenvalue weighted by Gasteiger charge is 2.32. The van der Waals surface area contributed by atoms with E-state index in [9.17, 15) is 0 Å². The summed E-state index contributed by atoms with van der Waals surface area (Å²) in [5.41, 5.74) is 39.5. The molecule has 0 saturated carbocycles. The number of nitrogens with zero attached hydrogens (tertiary/aromatic N) is 8. The van der Waals surface area contributed by atoms with Crippen molar-refractivity contribution >= 4 is 174 Å². The molecule has 0 aliphatic rings. The van der Waals surface area contributed by atoms with Crippen LogP contribution in [-0.2, 0) is 43.3 Å². The molecule has 0 aliphatic carbocycles. The van der Waals surface area contributed by atoms with Crippen molar-refractivity contribution in [2.75, 3.05) is 0 Å². The number of para-hydroxylation sites is 4. The molecule has 0 bridgehead atoms. The van der Waals surface area contributed by atoms with Crippen LogP contribution in [0.1, 0.15) is 211 Å². The normalized spacial score (nSPS) is 13.1. The molecule has 0 unspecified atom stereocenters. The van der Waals surface area contributed by atoms with Crippen molar-refractivity contribution in [2.24, 2.45) is 0 Å². The third-order valence-corrected chi connectivity index (χ3v) is 32.4. The van der Waals surface area contributed by atoms with Crippen LogP contribution in [0.4, 0.5) is 0 Å². The van der Waals surface area contributed by atoms with E-state index in [-0.39, 0.29) is 43.3 Å². The molecule has 8 heterocycles. The molecule has 8 nitrogen and oxygen atoms in total. The standard InChI is InChI=1S/2C70H66N4/c1-67(2,3)43-27-32-60-54(37-43)55-38-44(68(4,5)6)28-33-61(55)71(60)47-19-17-21-49(41-47)73-59-26-16-14-24-53(59)65-64(73)36-31-52-51-23-13-15-25-58(51)74(66(52)65)50-22-18-20-48(42-50)72-62-34-29-45(69(7,8)9)39-56(62)57-40-46(70(10,11)12)30-35-63(57)72;1-67(2,3)43-21-34-60-54(39-43)55-40-44(68(4,5)6)22-35-61(55)71(60)47-25-27-49(28-26-47)73-59-20-16-14-18-53(59)65-64(73)38-33-52-51-17-13-15-19-58(51)74(66(52)65)50-31-29-48(30-32-50)72-62-36-23-45(69(7,8)9)41-56(62)57-42-46(70(10,11)12)24-37-63(57)72/h2*13-42H,1-12H3. The molecule has 0 atom stereocenters. The van der Waals surface area contributed by atoms with Gasteiger partial charge in [-0.3, -0.25) is 0 Å². The molecule has 26 rings (SSSR count). The molecule has 732 valence electrons. The van der Waals surface area contributed by atoms with Crippen molar-refractivity contribution in [3.05, 3.63) is 408 Å². The average molecular weight is 1930 g/mol. The fraction of sp³-hybridized carbons (Fsp3) is 0.229. The van der Waals surface area contributed by atoms with E-state index in [1.54, 1.807) is 0 Å². The third kappa shape index (κ3) is 14.9. The second-order valence-electron chi connectivity index (χ2n) is 50.4. The highest BCUT2D eigenvalue weighted by atomic mass is 15.1. The minimum Gasteiger partial charge on any atom is -0.309 e. The van der Waals surface area contributed by atoms with Gasteiger partial charge in [-0.05, 0) is 306 Å². The molecule has 8 heteroatoms. The maximum atomic E-state index is 2.53. The van der Waals surface area contributed by atoms with Crippen LogP contribution < -0.4 is 0 Å². The predicted molar refractivity (Wildman–Crippen MR) is 637 cm³/mol. The summed E-state index contributed by atoms with van der Waals surface area (Å²) in [5.74, 6) is 0. The Morgan fingerprint density at radius 2 is 0.284 bits per heavy atom. The SMILES string of the molecule is CC(C)(C)c1ccc2c(c1)c1cc(C(C)(C)C)ccc1n2-c1ccc(-n2c3ccccc3c3c2ccc2c4ccccc4n(-c4ccc(-n5c6ccc(C(C)(C)C)cc6c6cc(C(C)(C)C)ccc65)cc4)c23)cc1.CC(C)(C)c1ccc2c(c1)c1cc(C(C)(C)C)ccc1n2-c1cccc(-n2c3ccccc3c3c2ccc2c4ccccc4n(-c4cccc(-n5c6ccc(C(C)(C)C)cc6c6cc(C(C)(C)C)ccc65)c4)c23)c1. The Balaban J connectivity index is 0.000000154. The van der Waals surface area contributed by atoms with Crippen molar-refractivity contribution in [3.63, 3.8) is 0 Å². The summed E-state index contributed by atoms with van der Waals surface area (Å²) in [5, 5.41) is 20.3. The summed E-state index contributed by atoms with van der Waals surface area (Å²) in [4.78, 5) is 0. The predicted octanol–water partition coefficient (Wildman–Crippen LogP) is 38.5. The quantitative estimate of drug-likeness (QED) is 0.145. The lowest BCUT2D eigenvalue weighted by atomic mass is 9.85. The second kappa shape index (κ2) is 32.9. The molecular weight excluding hydrogens is 1790 g/mol. The Hall–Kier alpha value is -15.6. The van der Waals surface area contributed by atoms with Crippen molar-refractivity contribution < 1.29 is 0 Å². The summed E-state index contributed by atoms with van der Waals surface area (Å²) in [6.45, 7) is 55.4. The number of aromatic nitrogens is 8. The fourth-order valence-electron chi connectivity index (χ4n) is 24.1. The fourth-order valence-corrected chi connectivity index (χ4v) is 24.1. The lowest BCUT2D eigenvalue weighted by molar-refractivity contribution is 0.590. The second-order valence-corrected chi connectivity index (χ2v) is 50.4. The zero-order valence-corrected chi connectivity index (χ0v) is 90.2. The van der Waals surface area contributed by atoms with Gasteiger partial charge < -0.3 is 36.5 Å². The number of hydrogen-bond donors (Lipinski definition) is 0. The van der Waals surface area contributed by atoms with Gasteiger partial charge in [0, 0.05) is 132 Å². The Kier molecular flexibility index (Phi) is 20.8. The van der Waals surface area contributed by atoms with E-state index in [1.165, 1.54) is 219 Å². The van der Waals surface area contributed by atoms with Gasteiger partial charge >= 0.3 is 0 Å². The third-order valence-electron chi connectivity index (χ3n) is 32.4. The monoisotopic (exact) mass is 1930 g/mol. The van der Waals surface area contributed by atoms with Gasteiger partial charge in [-0.2, -0.15) is 0 Å². The van der Waals surface area contributed by atoms with Gasteiger partial charge in [-0.25, -0.2) is 0 Å². The molecule has 0 N–H and O–H groups in total. The van der Waals surface area contributed by atoms with E-state index in [4.69, 9.17) is 0 Å². The van der Waals surface area contributed by atoms with Gasteiger partial charge in [0.2, 0.25) is 0 Å². The van der Waals surface area contributed by atoms with E-state index >= 15 is 0 Å². The molecule has 0 fully saturated rings. The first-order valence-electron chi connectivity index (χ1n) is 53.2. The summed E-state index contributed by atoms with van der Waals surface area (Å²) in [7, 11) is 0. The van der Waals surface area contributed by atoms with E-state index in [0.29, 0.717) is 0 Å². The molecular formula is C140H132N8. The topological polar surface area (TPSA) is 39.4 Å². The van der Waals surface area contributed by atoms with Crippen LogP contribution >= 0.6 is 0 Å². The minimum absolute atomic E-state index is 0.0256. The summed E-state index contributed by atoms with van der Waals surface area (Å²) in [6.07, 6.45) is 0. The van der Waals surface area contributed by atoms with E-state index < -0.39 is 0 Å². The van der Waals surface area contributed by atoms with E-state index in [1.807, 2.05) is 0 Å². The molecule has 18 aromatic carbocycles. The maximum Gasteiger partial charge on any atom is 0.0641 e. The zero-order chi connectivity index (χ0) is 103. The Morgan fingerprint density at radius 3 is 0.520 bits per heavy atom. The van der Waals surface area contributed by atoms with Crippen molar-refractivity contribution in [3.8, 4) is 45.5 Å². The van der Waals surface area contributed by atoms with Crippen molar-refractivity contribution in [1.82, 2.24) is 36.5 Å². The largest absolute Gasteiger partial charge is 0.309 e. The van der Waals surface area contributed by atoms with Gasteiger partial charge in [0.15, 0.2) is 0 Å². The van der Waals surface area contributed by atoms with E-state index in [0.717, 1.165) is 45.5 Å². The first-order valence-corrected chi connectivity index (χ1v) is 53.2. The van der Waals surface area contributed by atoms with Crippen molar-refractivity contribution in [2.45, 2.75) is 209 Å². The summed E-state index contributed by atoms with van der Waals surface area (Å²) in [6, 6.07) is 139. The van der Waals surface area contributed by atoms with Crippen LogP contribution in [0.25, 0.3) is 220 Å². The van der Waals surface area contributed by atoms with Gasteiger partial charge in [0.1, 0.15) is 0 Å². The summed E-state index contributed by atoms with van der Waals surface area (Å²) < 4.78 is 19.9. The molecule has 0 amide bonds. The Bertz CT molecular complexity index is 9740. The summed E-state index contributed by atoms with van der Waals surface area (Å²) >= 11 is 0. The van der Waals surface area contributed by atoms with Crippen LogP contribution in [0.2, 0.25) is 0 Å². The molecule has 0 saturated heterocycles. The molecule has 8 aromatic heterocycles. The molecule has 0 aliphatic heterocycles. The van der Waals surface area contributed by atoms with Crippen LogP contribution in [0, 0.1) is 0 Å². The smallest absolute Gasteiger partial charge is 0.0641 e. The lowest BCUT2D eigenvalue weighted by Crippen LogP contribution is -2.10. The van der Waals surface area contributed by atoms with Gasteiger partial charge in [-0.1, -0.05) is 312 Å². The molecule has 148 heavy (non-hydrogen) atoms. The number of rotatable bonds is 8. The van der Waals surface area contributed by atoms with Crippen LogP contribution in [0.3, 0.4) is 0 Å². The number of benzene rings is 18. The van der Waals surface area contributed by atoms with Gasteiger partial charge in [-0.15, -0.1) is 0 Å². The molecule has 26 aromatic rings. The first-order chi connectivity index (χ1) is 70.5.